The summed E-state index contributed by atoms with van der Waals surface area (Å²) >= 11 is 1.31. The minimum absolute atomic E-state index is 0.304. The van der Waals surface area contributed by atoms with E-state index in [1.165, 1.54) is 18.6 Å². The highest BCUT2D eigenvalue weighted by atomic mass is 32.1. The first kappa shape index (κ1) is 9.14. The topological polar surface area (TPSA) is 57.1 Å². The number of hydrogen-bond acceptors (Lipinski definition) is 6. The Morgan fingerprint density at radius 3 is 2.57 bits per heavy atom. The molecular formula is C8H9N3O2S. The van der Waals surface area contributed by atoms with Crippen LogP contribution in [0.5, 0.6) is 11.9 Å². The Morgan fingerprint density at radius 2 is 1.93 bits per heavy atom. The van der Waals surface area contributed by atoms with Gasteiger partial charge in [0, 0.05) is 0 Å². The number of rotatable bonds is 2. The van der Waals surface area contributed by atoms with Crippen LogP contribution in [0.4, 0.5) is 0 Å². The van der Waals surface area contributed by atoms with E-state index in [4.69, 9.17) is 9.47 Å². The lowest BCUT2D eigenvalue weighted by Gasteiger charge is -2.02. The maximum Gasteiger partial charge on any atom is 0.320 e. The van der Waals surface area contributed by atoms with Crippen molar-refractivity contribution in [3.8, 4) is 11.9 Å². The van der Waals surface area contributed by atoms with Gasteiger partial charge in [-0.15, -0.1) is 0 Å². The zero-order valence-electron chi connectivity index (χ0n) is 8.07. The van der Waals surface area contributed by atoms with Crippen molar-refractivity contribution in [1.29, 1.82) is 0 Å². The Bertz CT molecular complexity index is 469. The summed E-state index contributed by atoms with van der Waals surface area (Å²) in [6.45, 7) is 1.90. The molecular weight excluding hydrogens is 202 g/mol. The van der Waals surface area contributed by atoms with Gasteiger partial charge in [0.15, 0.2) is 4.83 Å². The number of nitrogens with zero attached hydrogens (tertiary/aromatic N) is 3. The summed E-state index contributed by atoms with van der Waals surface area (Å²) in [4.78, 5) is 9.03. The SMILES string of the molecule is COc1nc(OC)c2c(C)nsc2n1. The summed E-state index contributed by atoms with van der Waals surface area (Å²) in [6.07, 6.45) is 0. The van der Waals surface area contributed by atoms with Crippen LogP contribution in [-0.2, 0) is 0 Å². The molecule has 6 heteroatoms. The molecule has 0 radical (unpaired) electrons. The van der Waals surface area contributed by atoms with E-state index in [-0.39, 0.29) is 0 Å². The van der Waals surface area contributed by atoms with Crippen LogP contribution in [-0.4, -0.2) is 28.6 Å². The molecule has 0 unspecified atom stereocenters. The van der Waals surface area contributed by atoms with E-state index in [0.29, 0.717) is 11.9 Å². The summed E-state index contributed by atoms with van der Waals surface area (Å²) in [7, 11) is 3.09. The van der Waals surface area contributed by atoms with Gasteiger partial charge in [0.1, 0.15) is 0 Å². The predicted octanol–water partition coefficient (Wildman–Crippen LogP) is 1.41. The molecule has 0 amide bonds. The van der Waals surface area contributed by atoms with Crippen molar-refractivity contribution in [3.63, 3.8) is 0 Å². The lowest BCUT2D eigenvalue weighted by Crippen LogP contribution is -1.95. The van der Waals surface area contributed by atoms with Crippen molar-refractivity contribution in [3.05, 3.63) is 5.69 Å². The maximum absolute atomic E-state index is 5.14. The van der Waals surface area contributed by atoms with Gasteiger partial charge in [0.05, 0.1) is 25.3 Å². The third-order valence-corrected chi connectivity index (χ3v) is 2.66. The molecule has 74 valence electrons. The van der Waals surface area contributed by atoms with Gasteiger partial charge in [-0.3, -0.25) is 0 Å². The highest BCUT2D eigenvalue weighted by Gasteiger charge is 2.13. The molecule has 0 fully saturated rings. The average Bonchev–Trinajstić information content (AvgIpc) is 2.59. The molecule has 0 spiro atoms. The zero-order chi connectivity index (χ0) is 10.1. The molecule has 0 aliphatic carbocycles. The Balaban J connectivity index is 2.76. The molecule has 0 saturated heterocycles. The Labute approximate surface area is 84.9 Å². The molecule has 0 aliphatic rings. The summed E-state index contributed by atoms with van der Waals surface area (Å²) in [6, 6.07) is 0.304. The van der Waals surface area contributed by atoms with E-state index in [0.717, 1.165) is 15.9 Å². The molecule has 2 aromatic heterocycles. The molecule has 2 rings (SSSR count). The van der Waals surface area contributed by atoms with Crippen molar-refractivity contribution < 1.29 is 9.47 Å². The first-order chi connectivity index (χ1) is 6.76. The molecule has 0 N–H and O–H groups in total. The molecule has 14 heavy (non-hydrogen) atoms. The van der Waals surface area contributed by atoms with E-state index in [9.17, 15) is 0 Å². The molecule has 0 saturated carbocycles. The lowest BCUT2D eigenvalue weighted by molar-refractivity contribution is 0.357. The minimum atomic E-state index is 0.304. The summed E-state index contributed by atoms with van der Waals surface area (Å²) in [5.74, 6) is 0.512. The van der Waals surface area contributed by atoms with Crippen LogP contribution in [0.15, 0.2) is 0 Å². The van der Waals surface area contributed by atoms with Gasteiger partial charge >= 0.3 is 6.01 Å². The standard InChI is InChI=1S/C8H9N3O2S/c1-4-5-6(12-2)9-8(13-3)10-7(5)14-11-4/h1-3H3. The second-order valence-electron chi connectivity index (χ2n) is 2.67. The average molecular weight is 211 g/mol. The maximum atomic E-state index is 5.14. The van der Waals surface area contributed by atoms with Crippen molar-refractivity contribution in [2.45, 2.75) is 6.92 Å². The summed E-state index contributed by atoms with van der Waals surface area (Å²) < 4.78 is 14.3. The van der Waals surface area contributed by atoms with Gasteiger partial charge in [-0.1, -0.05) is 0 Å². The van der Waals surface area contributed by atoms with Gasteiger partial charge < -0.3 is 9.47 Å². The fraction of sp³-hybridized carbons (Fsp3) is 0.375. The Morgan fingerprint density at radius 1 is 1.14 bits per heavy atom. The van der Waals surface area contributed by atoms with E-state index in [1.807, 2.05) is 6.92 Å². The van der Waals surface area contributed by atoms with Crippen molar-refractivity contribution in [1.82, 2.24) is 14.3 Å². The molecule has 0 atom stereocenters. The van der Waals surface area contributed by atoms with Crippen LogP contribution in [0.3, 0.4) is 0 Å². The smallest absolute Gasteiger partial charge is 0.320 e. The third-order valence-electron chi connectivity index (χ3n) is 1.83. The molecule has 0 aromatic carbocycles. The van der Waals surface area contributed by atoms with Crippen LogP contribution >= 0.6 is 11.5 Å². The van der Waals surface area contributed by atoms with Crippen molar-refractivity contribution >= 4 is 21.7 Å². The minimum Gasteiger partial charge on any atom is -0.480 e. The highest BCUT2D eigenvalue weighted by Crippen LogP contribution is 2.29. The quantitative estimate of drug-likeness (QED) is 0.751. The van der Waals surface area contributed by atoms with Gasteiger partial charge in [-0.05, 0) is 18.5 Å². The van der Waals surface area contributed by atoms with Gasteiger partial charge in [-0.25, -0.2) is 0 Å². The summed E-state index contributed by atoms with van der Waals surface area (Å²) in [5.41, 5.74) is 0.879. The van der Waals surface area contributed by atoms with Gasteiger partial charge in [0.25, 0.3) is 0 Å². The fourth-order valence-corrected chi connectivity index (χ4v) is 1.93. The lowest BCUT2D eigenvalue weighted by atomic mass is 10.3. The molecule has 0 bridgehead atoms. The van der Waals surface area contributed by atoms with Crippen LogP contribution < -0.4 is 9.47 Å². The first-order valence-corrected chi connectivity index (χ1v) is 4.75. The number of methoxy groups -OCH3 is 2. The van der Waals surface area contributed by atoms with Crippen molar-refractivity contribution in [2.24, 2.45) is 0 Å². The highest BCUT2D eigenvalue weighted by molar-refractivity contribution is 7.13. The zero-order valence-corrected chi connectivity index (χ0v) is 8.88. The largest absolute Gasteiger partial charge is 0.480 e. The van der Waals surface area contributed by atoms with E-state index in [1.54, 1.807) is 7.11 Å². The number of ether oxygens (including phenoxy) is 2. The Kier molecular flexibility index (Phi) is 2.20. The molecule has 5 nitrogen and oxygen atoms in total. The van der Waals surface area contributed by atoms with E-state index >= 15 is 0 Å². The van der Waals surface area contributed by atoms with Gasteiger partial charge in [-0.2, -0.15) is 14.3 Å². The number of aryl methyl sites for hydroxylation is 1. The van der Waals surface area contributed by atoms with Crippen LogP contribution in [0.1, 0.15) is 5.69 Å². The van der Waals surface area contributed by atoms with Crippen molar-refractivity contribution in [2.75, 3.05) is 14.2 Å². The first-order valence-electron chi connectivity index (χ1n) is 3.98. The van der Waals surface area contributed by atoms with Crippen LogP contribution in [0, 0.1) is 6.92 Å². The second-order valence-corrected chi connectivity index (χ2v) is 3.42. The van der Waals surface area contributed by atoms with E-state index in [2.05, 4.69) is 14.3 Å². The van der Waals surface area contributed by atoms with Gasteiger partial charge in [0.2, 0.25) is 5.88 Å². The van der Waals surface area contributed by atoms with Crippen LogP contribution in [0.2, 0.25) is 0 Å². The molecule has 0 aliphatic heterocycles. The summed E-state index contributed by atoms with van der Waals surface area (Å²) in [5, 5.41) is 0.860. The van der Waals surface area contributed by atoms with E-state index < -0.39 is 0 Å². The number of fused-ring (bicyclic) bond motifs is 1. The number of hydrogen-bond donors (Lipinski definition) is 0. The Hall–Kier alpha value is -1.43. The number of aromatic nitrogens is 3. The molecule has 2 heterocycles. The predicted molar refractivity (Wildman–Crippen MR) is 53.1 cm³/mol. The fourth-order valence-electron chi connectivity index (χ4n) is 1.17. The normalized spacial score (nSPS) is 10.5. The van der Waals surface area contributed by atoms with Crippen LogP contribution in [0.25, 0.3) is 10.2 Å². The monoisotopic (exact) mass is 211 g/mol. The molecule has 2 aromatic rings. The second kappa shape index (κ2) is 3.38. The third kappa shape index (κ3) is 1.27.